The van der Waals surface area contributed by atoms with Gasteiger partial charge in [0.15, 0.2) is 5.78 Å². The monoisotopic (exact) mass is 166 g/mol. The molecule has 0 atom stereocenters. The molecule has 0 aromatic carbocycles. The molecule has 0 bridgehead atoms. The Morgan fingerprint density at radius 3 is 2.50 bits per heavy atom. The van der Waals surface area contributed by atoms with E-state index < -0.39 is 0 Å². The highest BCUT2D eigenvalue weighted by Gasteiger charge is 2.00. The Bertz CT molecular complexity index is 177. The molecule has 0 aliphatic rings. The number of carbonyl (C=O) groups is 1. The van der Waals surface area contributed by atoms with Crippen LogP contribution in [0.3, 0.4) is 0 Å². The number of carbonyl (C=O) groups excluding carboxylic acids is 1. The molecule has 0 unspecified atom stereocenters. The van der Waals surface area contributed by atoms with Crippen molar-refractivity contribution in [1.29, 1.82) is 0 Å². The maximum atomic E-state index is 11.0. The van der Waals surface area contributed by atoms with Crippen molar-refractivity contribution >= 4 is 5.78 Å². The second-order valence-corrected chi connectivity index (χ2v) is 2.90. The van der Waals surface area contributed by atoms with Crippen LogP contribution in [0.5, 0.6) is 0 Å². The van der Waals surface area contributed by atoms with Crippen LogP contribution in [0.1, 0.15) is 39.5 Å². The van der Waals surface area contributed by atoms with Gasteiger partial charge in [-0.25, -0.2) is 0 Å². The Morgan fingerprint density at radius 1 is 1.42 bits per heavy atom. The number of hydrogen-bond acceptors (Lipinski definition) is 1. The fraction of sp³-hybridized carbons (Fsp3) is 0.545. The lowest BCUT2D eigenvalue weighted by Gasteiger charge is -1.99. The van der Waals surface area contributed by atoms with E-state index in [1.54, 1.807) is 6.92 Å². The highest BCUT2D eigenvalue weighted by molar-refractivity contribution is 5.93. The second-order valence-electron chi connectivity index (χ2n) is 2.90. The molecule has 0 aromatic rings. The van der Waals surface area contributed by atoms with E-state index in [1.165, 1.54) is 0 Å². The molecule has 0 fully saturated rings. The minimum absolute atomic E-state index is 0.209. The van der Waals surface area contributed by atoms with Gasteiger partial charge in [0, 0.05) is 0 Å². The fourth-order valence-corrected chi connectivity index (χ4v) is 1.07. The summed E-state index contributed by atoms with van der Waals surface area (Å²) < 4.78 is 0. The Kier molecular flexibility index (Phi) is 6.35. The van der Waals surface area contributed by atoms with Gasteiger partial charge in [-0.1, -0.05) is 25.5 Å². The van der Waals surface area contributed by atoms with Gasteiger partial charge in [-0.3, -0.25) is 4.79 Å². The van der Waals surface area contributed by atoms with Crippen LogP contribution in [0.2, 0.25) is 0 Å². The molecule has 0 rings (SSSR count). The first-order valence-corrected chi connectivity index (χ1v) is 4.53. The van der Waals surface area contributed by atoms with Crippen LogP contribution in [0.4, 0.5) is 0 Å². The van der Waals surface area contributed by atoms with E-state index in [1.807, 2.05) is 12.2 Å². The summed E-state index contributed by atoms with van der Waals surface area (Å²) in [4.78, 5) is 11.0. The van der Waals surface area contributed by atoms with Gasteiger partial charge >= 0.3 is 0 Å². The van der Waals surface area contributed by atoms with Gasteiger partial charge in [-0.15, -0.1) is 6.58 Å². The topological polar surface area (TPSA) is 17.1 Å². The average molecular weight is 166 g/mol. The SMILES string of the molecule is C=CCC/C=C(\CCC)C(C)=O. The van der Waals surface area contributed by atoms with Crippen LogP contribution in [0.15, 0.2) is 24.3 Å². The number of ketones is 1. The van der Waals surface area contributed by atoms with E-state index in [4.69, 9.17) is 0 Å². The van der Waals surface area contributed by atoms with Crippen molar-refractivity contribution in [1.82, 2.24) is 0 Å². The standard InChI is InChI=1S/C11H18O/c1-4-6-7-9-11(8-5-2)10(3)12/h4,9H,1,5-8H2,2-3H3/b11-9+. The van der Waals surface area contributed by atoms with E-state index in [2.05, 4.69) is 13.5 Å². The zero-order valence-corrected chi connectivity index (χ0v) is 8.10. The van der Waals surface area contributed by atoms with Crippen molar-refractivity contribution in [3.63, 3.8) is 0 Å². The number of unbranched alkanes of at least 4 members (excludes halogenated alkanes) is 1. The van der Waals surface area contributed by atoms with E-state index in [0.717, 1.165) is 31.3 Å². The van der Waals surface area contributed by atoms with E-state index in [0.29, 0.717) is 0 Å². The highest BCUT2D eigenvalue weighted by atomic mass is 16.1. The molecule has 0 radical (unpaired) electrons. The molecule has 1 nitrogen and oxygen atoms in total. The van der Waals surface area contributed by atoms with Gasteiger partial charge < -0.3 is 0 Å². The first kappa shape index (κ1) is 11.2. The van der Waals surface area contributed by atoms with E-state index in [-0.39, 0.29) is 5.78 Å². The van der Waals surface area contributed by atoms with Gasteiger partial charge in [-0.2, -0.15) is 0 Å². The van der Waals surface area contributed by atoms with Crippen molar-refractivity contribution in [2.75, 3.05) is 0 Å². The summed E-state index contributed by atoms with van der Waals surface area (Å²) >= 11 is 0. The first-order chi connectivity index (χ1) is 5.72. The first-order valence-electron chi connectivity index (χ1n) is 4.53. The Labute approximate surface area is 75.2 Å². The lowest BCUT2D eigenvalue weighted by atomic mass is 10.1. The molecule has 0 saturated carbocycles. The van der Waals surface area contributed by atoms with Crippen molar-refractivity contribution in [2.24, 2.45) is 0 Å². The molecule has 68 valence electrons. The minimum Gasteiger partial charge on any atom is -0.295 e. The predicted octanol–water partition coefficient (Wildman–Crippen LogP) is 3.27. The zero-order valence-electron chi connectivity index (χ0n) is 8.10. The molecule has 0 aliphatic carbocycles. The maximum Gasteiger partial charge on any atom is 0.155 e. The molecule has 1 heteroatoms. The molecule has 0 N–H and O–H groups in total. The largest absolute Gasteiger partial charge is 0.295 e. The van der Waals surface area contributed by atoms with Crippen LogP contribution in [-0.4, -0.2) is 5.78 Å². The van der Waals surface area contributed by atoms with Gasteiger partial charge in [0.1, 0.15) is 0 Å². The summed E-state index contributed by atoms with van der Waals surface area (Å²) in [6, 6.07) is 0. The lowest BCUT2D eigenvalue weighted by molar-refractivity contribution is -0.113. The van der Waals surface area contributed by atoms with Crippen LogP contribution in [0, 0.1) is 0 Å². The zero-order chi connectivity index (χ0) is 9.40. The summed E-state index contributed by atoms with van der Waals surface area (Å²) in [5, 5.41) is 0. The molecule has 0 aliphatic heterocycles. The normalized spacial score (nSPS) is 11.3. The summed E-state index contributed by atoms with van der Waals surface area (Å²) in [5.74, 6) is 0.209. The van der Waals surface area contributed by atoms with Gasteiger partial charge in [0.2, 0.25) is 0 Å². The third-order valence-corrected chi connectivity index (χ3v) is 1.73. The van der Waals surface area contributed by atoms with Crippen molar-refractivity contribution in [2.45, 2.75) is 39.5 Å². The van der Waals surface area contributed by atoms with Crippen LogP contribution in [-0.2, 0) is 4.79 Å². The smallest absolute Gasteiger partial charge is 0.155 e. The number of Topliss-reactive ketones (excluding diaryl/α,β-unsaturated/α-hetero) is 1. The quantitative estimate of drug-likeness (QED) is 0.336. The summed E-state index contributed by atoms with van der Waals surface area (Å²) in [6.45, 7) is 7.36. The van der Waals surface area contributed by atoms with Gasteiger partial charge in [0.25, 0.3) is 0 Å². The maximum absolute atomic E-state index is 11.0. The van der Waals surface area contributed by atoms with E-state index >= 15 is 0 Å². The second kappa shape index (κ2) is 6.84. The van der Waals surface area contributed by atoms with Crippen molar-refractivity contribution in [3.05, 3.63) is 24.3 Å². The average Bonchev–Trinajstić information content (AvgIpc) is 2.03. The summed E-state index contributed by atoms with van der Waals surface area (Å²) in [7, 11) is 0. The third-order valence-electron chi connectivity index (χ3n) is 1.73. The fourth-order valence-electron chi connectivity index (χ4n) is 1.07. The predicted molar refractivity (Wildman–Crippen MR) is 53.1 cm³/mol. The Hall–Kier alpha value is -0.850. The van der Waals surface area contributed by atoms with Crippen molar-refractivity contribution < 1.29 is 4.79 Å². The van der Waals surface area contributed by atoms with E-state index in [9.17, 15) is 4.79 Å². The summed E-state index contributed by atoms with van der Waals surface area (Å²) in [5.41, 5.74) is 0.972. The number of allylic oxidation sites excluding steroid dienone is 3. The number of rotatable bonds is 6. The third kappa shape index (κ3) is 4.89. The molecule has 0 aromatic heterocycles. The molecular weight excluding hydrogens is 148 g/mol. The molecule has 12 heavy (non-hydrogen) atoms. The van der Waals surface area contributed by atoms with Crippen LogP contribution >= 0.6 is 0 Å². The molecular formula is C11H18O. The molecule has 0 heterocycles. The van der Waals surface area contributed by atoms with Crippen LogP contribution in [0.25, 0.3) is 0 Å². The molecule has 0 saturated heterocycles. The molecule has 0 spiro atoms. The Balaban J connectivity index is 3.98. The lowest BCUT2D eigenvalue weighted by Crippen LogP contribution is -1.95. The summed E-state index contributed by atoms with van der Waals surface area (Å²) in [6.07, 6.45) is 7.76. The Morgan fingerprint density at radius 2 is 2.08 bits per heavy atom. The molecule has 0 amide bonds. The highest BCUT2D eigenvalue weighted by Crippen LogP contribution is 2.08. The van der Waals surface area contributed by atoms with Crippen LogP contribution < -0.4 is 0 Å². The van der Waals surface area contributed by atoms with Gasteiger partial charge in [0.05, 0.1) is 0 Å². The van der Waals surface area contributed by atoms with Crippen molar-refractivity contribution in [3.8, 4) is 0 Å². The van der Waals surface area contributed by atoms with Gasteiger partial charge in [-0.05, 0) is 31.8 Å². The minimum atomic E-state index is 0.209. The number of hydrogen-bond donors (Lipinski definition) is 0.